The third kappa shape index (κ3) is 4.49. The molecule has 3 aromatic rings. The van der Waals surface area contributed by atoms with Crippen LogP contribution in [0.1, 0.15) is 54.0 Å². The molecule has 2 N–H and O–H groups in total. The van der Waals surface area contributed by atoms with Gasteiger partial charge in [-0.1, -0.05) is 50.6 Å². The number of rotatable bonds is 4. The molecule has 3 rings (SSSR count). The zero-order valence-corrected chi connectivity index (χ0v) is 16.7. The van der Waals surface area contributed by atoms with Crippen molar-refractivity contribution in [2.75, 3.05) is 0 Å². The van der Waals surface area contributed by atoms with Crippen LogP contribution in [-0.4, -0.2) is 15.9 Å². The van der Waals surface area contributed by atoms with Crippen LogP contribution in [0.3, 0.4) is 0 Å². The molecule has 2 aromatic heterocycles. The molecule has 28 heavy (non-hydrogen) atoms. The smallest absolute Gasteiger partial charge is 0.261 e. The van der Waals surface area contributed by atoms with Crippen molar-refractivity contribution >= 4 is 17.5 Å². The first-order chi connectivity index (χ1) is 13.3. The average Bonchev–Trinajstić information content (AvgIpc) is 2.66. The molecule has 1 amide bonds. The average molecular weight is 396 g/mol. The monoisotopic (exact) mass is 395 g/mol. The van der Waals surface area contributed by atoms with E-state index in [1.165, 1.54) is 0 Å². The molecule has 0 aliphatic rings. The van der Waals surface area contributed by atoms with E-state index >= 15 is 0 Å². The summed E-state index contributed by atoms with van der Waals surface area (Å²) >= 11 is 5.99. The van der Waals surface area contributed by atoms with Crippen molar-refractivity contribution in [3.05, 3.63) is 98.7 Å². The summed E-state index contributed by atoms with van der Waals surface area (Å²) in [5.74, 6) is -0.453. The lowest BCUT2D eigenvalue weighted by molar-refractivity contribution is 0.0941. The third-order valence-corrected chi connectivity index (χ3v) is 4.71. The van der Waals surface area contributed by atoms with Gasteiger partial charge in [-0.05, 0) is 41.5 Å². The molecule has 0 aliphatic heterocycles. The number of amides is 1. The number of hydrogen-bond donors (Lipinski definition) is 2. The molecule has 0 fully saturated rings. The van der Waals surface area contributed by atoms with Gasteiger partial charge in [0.1, 0.15) is 5.56 Å². The Bertz CT molecular complexity index is 1020. The zero-order chi connectivity index (χ0) is 20.3. The van der Waals surface area contributed by atoms with Crippen molar-refractivity contribution in [2.24, 2.45) is 0 Å². The van der Waals surface area contributed by atoms with Gasteiger partial charge in [0.15, 0.2) is 0 Å². The van der Waals surface area contributed by atoms with Crippen LogP contribution in [0.4, 0.5) is 0 Å². The van der Waals surface area contributed by atoms with Crippen molar-refractivity contribution in [3.63, 3.8) is 0 Å². The predicted octanol–water partition coefficient (Wildman–Crippen LogP) is 4.24. The number of H-pyrrole nitrogens is 1. The van der Waals surface area contributed by atoms with Gasteiger partial charge in [0.05, 0.1) is 6.04 Å². The Morgan fingerprint density at radius 1 is 1.07 bits per heavy atom. The molecule has 2 heterocycles. The number of nitrogens with zero attached hydrogens (tertiary/aromatic N) is 1. The van der Waals surface area contributed by atoms with E-state index in [1.54, 1.807) is 42.7 Å². The summed E-state index contributed by atoms with van der Waals surface area (Å²) in [5.41, 5.74) is 1.86. The summed E-state index contributed by atoms with van der Waals surface area (Å²) in [6.45, 7) is 5.99. The number of carbonyl (C=O) groups is 1. The predicted molar refractivity (Wildman–Crippen MR) is 111 cm³/mol. The molecule has 6 heteroatoms. The van der Waals surface area contributed by atoms with Crippen LogP contribution < -0.4 is 10.9 Å². The normalized spacial score (nSPS) is 12.4. The quantitative estimate of drug-likeness (QED) is 0.693. The fraction of sp³-hybridized carbons (Fsp3) is 0.227. The highest BCUT2D eigenvalue weighted by molar-refractivity contribution is 6.30. The number of nitrogens with one attached hydrogen (secondary N) is 2. The Morgan fingerprint density at radius 3 is 2.36 bits per heavy atom. The summed E-state index contributed by atoms with van der Waals surface area (Å²) in [7, 11) is 0. The van der Waals surface area contributed by atoms with E-state index in [1.807, 2.05) is 39.0 Å². The van der Waals surface area contributed by atoms with Gasteiger partial charge in [-0.2, -0.15) is 0 Å². The first kappa shape index (κ1) is 19.8. The van der Waals surface area contributed by atoms with E-state index in [0.717, 1.165) is 16.8 Å². The van der Waals surface area contributed by atoms with Crippen molar-refractivity contribution in [1.82, 2.24) is 15.3 Å². The van der Waals surface area contributed by atoms with Gasteiger partial charge < -0.3 is 10.3 Å². The summed E-state index contributed by atoms with van der Waals surface area (Å²) in [4.78, 5) is 32.3. The molecular formula is C22H22ClN3O2. The van der Waals surface area contributed by atoms with E-state index in [2.05, 4.69) is 15.3 Å². The fourth-order valence-electron chi connectivity index (χ4n) is 2.86. The molecule has 0 radical (unpaired) electrons. The number of aromatic nitrogens is 2. The van der Waals surface area contributed by atoms with Gasteiger partial charge in [-0.3, -0.25) is 14.6 Å². The van der Waals surface area contributed by atoms with Crippen molar-refractivity contribution in [2.45, 2.75) is 32.2 Å². The zero-order valence-electron chi connectivity index (χ0n) is 16.0. The van der Waals surface area contributed by atoms with Crippen LogP contribution in [0.25, 0.3) is 0 Å². The molecule has 0 saturated carbocycles. The van der Waals surface area contributed by atoms with Crippen LogP contribution in [-0.2, 0) is 5.41 Å². The van der Waals surface area contributed by atoms with E-state index in [9.17, 15) is 9.59 Å². The van der Waals surface area contributed by atoms with Crippen molar-refractivity contribution in [1.29, 1.82) is 0 Å². The van der Waals surface area contributed by atoms with E-state index in [0.29, 0.717) is 5.02 Å². The minimum atomic E-state index is -0.458. The number of aromatic amines is 1. The molecule has 144 valence electrons. The van der Waals surface area contributed by atoms with Gasteiger partial charge >= 0.3 is 0 Å². The molecule has 0 spiro atoms. The molecule has 5 nitrogen and oxygen atoms in total. The first-order valence-electron chi connectivity index (χ1n) is 8.96. The Morgan fingerprint density at radius 2 is 1.79 bits per heavy atom. The van der Waals surface area contributed by atoms with Gasteiger partial charge in [0, 0.05) is 28.5 Å². The second kappa shape index (κ2) is 7.98. The van der Waals surface area contributed by atoms with Gasteiger partial charge in [0.2, 0.25) is 0 Å². The first-order valence-corrected chi connectivity index (χ1v) is 9.33. The van der Waals surface area contributed by atoms with Crippen LogP contribution in [0.5, 0.6) is 0 Å². The maximum atomic E-state index is 12.9. The molecule has 0 saturated heterocycles. The Balaban J connectivity index is 1.94. The lowest BCUT2D eigenvalue weighted by Gasteiger charge is -2.21. The summed E-state index contributed by atoms with van der Waals surface area (Å²) in [5, 5.41) is 3.55. The minimum Gasteiger partial charge on any atom is -0.341 e. The number of halogens is 1. The second-order valence-electron chi connectivity index (χ2n) is 7.61. The van der Waals surface area contributed by atoms with Crippen molar-refractivity contribution in [3.8, 4) is 0 Å². The maximum absolute atomic E-state index is 12.9. The number of hydrogen-bond acceptors (Lipinski definition) is 3. The van der Waals surface area contributed by atoms with Gasteiger partial charge in [0.25, 0.3) is 11.5 Å². The Hall–Kier alpha value is -2.92. The second-order valence-corrected chi connectivity index (χ2v) is 8.05. The van der Waals surface area contributed by atoms with Crippen LogP contribution in [0.2, 0.25) is 5.02 Å². The van der Waals surface area contributed by atoms with Crippen LogP contribution >= 0.6 is 11.6 Å². The highest BCUT2D eigenvalue weighted by Crippen LogP contribution is 2.24. The van der Waals surface area contributed by atoms with E-state index < -0.39 is 17.5 Å². The highest BCUT2D eigenvalue weighted by atomic mass is 35.5. The molecule has 1 aromatic carbocycles. The Labute approximate surface area is 168 Å². The van der Waals surface area contributed by atoms with Gasteiger partial charge in [-0.25, -0.2) is 0 Å². The molecular weight excluding hydrogens is 374 g/mol. The van der Waals surface area contributed by atoms with Crippen LogP contribution in [0.15, 0.2) is 65.7 Å². The van der Waals surface area contributed by atoms with E-state index in [-0.39, 0.29) is 11.0 Å². The lowest BCUT2D eigenvalue weighted by atomic mass is 9.91. The number of pyridine rings is 2. The Kier molecular flexibility index (Phi) is 5.66. The summed E-state index contributed by atoms with van der Waals surface area (Å²) in [6, 6.07) is 13.8. The molecule has 0 bridgehead atoms. The van der Waals surface area contributed by atoms with E-state index in [4.69, 9.17) is 11.6 Å². The molecule has 1 atom stereocenters. The number of carbonyl (C=O) groups excluding carboxylic acids is 1. The SMILES string of the molecule is CC(C)(C)c1ccc(C(=O)NC(c2ccc(Cl)cc2)c2cccnc2)c(=O)[nH]1. The third-order valence-electron chi connectivity index (χ3n) is 4.46. The fourth-order valence-corrected chi connectivity index (χ4v) is 2.99. The topological polar surface area (TPSA) is 74.8 Å². The standard InChI is InChI=1S/C22H22ClN3O2/c1-22(2,3)18-11-10-17(20(27)25-18)21(28)26-19(15-5-4-12-24-13-15)14-6-8-16(23)9-7-14/h4-13,19H,1-3H3,(H,25,27)(H,26,28). The maximum Gasteiger partial charge on any atom is 0.261 e. The minimum absolute atomic E-state index is 0.0656. The van der Waals surface area contributed by atoms with Gasteiger partial charge in [-0.15, -0.1) is 0 Å². The lowest BCUT2D eigenvalue weighted by Crippen LogP contribution is -2.34. The summed E-state index contributed by atoms with van der Waals surface area (Å²) in [6.07, 6.45) is 3.35. The largest absolute Gasteiger partial charge is 0.341 e. The number of benzene rings is 1. The molecule has 0 aliphatic carbocycles. The summed E-state index contributed by atoms with van der Waals surface area (Å²) < 4.78 is 0. The molecule has 1 unspecified atom stereocenters. The highest BCUT2D eigenvalue weighted by Gasteiger charge is 2.21. The van der Waals surface area contributed by atoms with Crippen LogP contribution in [0, 0.1) is 0 Å². The van der Waals surface area contributed by atoms with Crippen molar-refractivity contribution < 1.29 is 4.79 Å².